The van der Waals surface area contributed by atoms with Crippen molar-refractivity contribution >= 4 is 17.5 Å². The van der Waals surface area contributed by atoms with Crippen molar-refractivity contribution in [2.75, 3.05) is 0 Å². The average Bonchev–Trinajstić information content (AvgIpc) is 3.09. The summed E-state index contributed by atoms with van der Waals surface area (Å²) in [6.07, 6.45) is -20.8. The third kappa shape index (κ3) is 7.64. The van der Waals surface area contributed by atoms with Crippen LogP contribution in [0.4, 0.5) is 143 Å². The summed E-state index contributed by atoms with van der Waals surface area (Å²) in [6.45, 7) is 1.99. The highest BCUT2D eigenvalue weighted by molar-refractivity contribution is 5.70. The summed E-state index contributed by atoms with van der Waals surface area (Å²) in [5, 5.41) is 22.4. The van der Waals surface area contributed by atoms with E-state index in [1.807, 2.05) is 0 Å². The maximum absolute atomic E-state index is 14.3. The molecule has 1 aromatic carbocycles. The first-order chi connectivity index (χ1) is 27.2. The second kappa shape index (κ2) is 15.5. The van der Waals surface area contributed by atoms with Crippen LogP contribution >= 0.6 is 0 Å². The summed E-state index contributed by atoms with van der Waals surface area (Å²) >= 11 is 0. The highest BCUT2D eigenvalue weighted by Gasteiger charge is 3.01. The van der Waals surface area contributed by atoms with Gasteiger partial charge in [-0.15, -0.1) is 0 Å². The van der Waals surface area contributed by atoms with Crippen molar-refractivity contribution < 1.29 is 151 Å². The molecule has 0 spiro atoms. The van der Waals surface area contributed by atoms with Crippen molar-refractivity contribution in [2.45, 2.75) is 110 Å². The van der Waals surface area contributed by atoms with E-state index in [1.165, 1.54) is 0 Å². The molecule has 0 aliphatic carbocycles. The maximum Gasteiger partial charge on any atom is 0.518 e. The zero-order chi connectivity index (χ0) is 51.2. The van der Waals surface area contributed by atoms with Gasteiger partial charge in [0, 0.05) is 11.6 Å². The van der Waals surface area contributed by atoms with E-state index in [1.54, 1.807) is 0 Å². The first-order valence-corrected chi connectivity index (χ1v) is 14.6. The fourth-order valence-electron chi connectivity index (χ4n) is 4.16. The zero-order valence-electron chi connectivity index (χ0n) is 28.7. The maximum atomic E-state index is 14.3. The summed E-state index contributed by atoms with van der Waals surface area (Å²) < 4.78 is 404. The monoisotopic (exact) mass is 1000 g/mol. The number of rotatable bonds is 18. The lowest BCUT2D eigenvalue weighted by atomic mass is 9.84. The van der Waals surface area contributed by atoms with Crippen molar-refractivity contribution in [3.63, 3.8) is 0 Å². The lowest BCUT2D eigenvalue weighted by molar-refractivity contribution is -0.491. The molecule has 0 amide bonds. The normalized spacial score (nSPS) is 15.9. The Labute approximate surface area is 323 Å². The molecule has 0 heterocycles. The molecule has 0 radical (unpaired) electrons. The summed E-state index contributed by atoms with van der Waals surface area (Å²) in [5.74, 6) is -120. The first kappa shape index (κ1) is 56.3. The summed E-state index contributed by atoms with van der Waals surface area (Å²) in [4.78, 5) is 31.1. The molecule has 0 saturated carbocycles. The number of nitrogens with zero attached hydrogens (tertiary/aromatic N) is 2. The number of hydrogen-bond donors (Lipinski definition) is 0. The molecule has 9 nitrogen and oxygen atoms in total. The predicted molar refractivity (Wildman–Crippen MR) is 136 cm³/mol. The molecule has 0 bridgehead atoms. The molecule has 0 aromatic heterocycles. The van der Waals surface area contributed by atoms with Gasteiger partial charge >= 0.3 is 95.2 Å². The van der Waals surface area contributed by atoms with E-state index in [0.29, 0.717) is 0 Å². The number of nitro groups is 2. The van der Waals surface area contributed by atoms with Crippen LogP contribution < -0.4 is 4.74 Å². The number of carbonyl (C=O) groups excluding carboxylic acids is 1. The molecule has 38 heteroatoms. The number of ether oxygens (including phenoxy) is 2. The molecule has 366 valence electrons. The number of hydrogen-bond acceptors (Lipinski definition) is 7. The minimum Gasteiger partial charge on any atom is -0.387 e. The average molecular weight is 1000 g/mol. The quantitative estimate of drug-likeness (QED) is 0.0472. The van der Waals surface area contributed by atoms with Crippen LogP contribution in [0.5, 0.6) is 5.75 Å². The van der Waals surface area contributed by atoms with Crippen LogP contribution in [0.1, 0.15) is 31.7 Å². The van der Waals surface area contributed by atoms with Crippen molar-refractivity contribution in [1.82, 2.24) is 0 Å². The molecule has 0 aliphatic heterocycles. The van der Waals surface area contributed by atoms with Gasteiger partial charge in [0.2, 0.25) is 5.75 Å². The van der Waals surface area contributed by atoms with Gasteiger partial charge < -0.3 is 9.47 Å². The van der Waals surface area contributed by atoms with E-state index >= 15 is 0 Å². The fourth-order valence-corrected chi connectivity index (χ4v) is 4.16. The highest BCUT2D eigenvalue weighted by atomic mass is 19.4. The van der Waals surface area contributed by atoms with Gasteiger partial charge in [0.15, 0.2) is 0 Å². The van der Waals surface area contributed by atoms with E-state index in [-0.39, 0.29) is 18.6 Å². The first-order valence-electron chi connectivity index (χ1n) is 14.6. The summed E-state index contributed by atoms with van der Waals surface area (Å²) in [7, 11) is 0. The summed E-state index contributed by atoms with van der Waals surface area (Å²) in [5.41, 5.74) is -4.33. The lowest BCUT2D eigenvalue weighted by Gasteiger charge is -2.46. The molecule has 1 unspecified atom stereocenters. The third-order valence-electron chi connectivity index (χ3n) is 8.09. The molecule has 0 fully saturated rings. The van der Waals surface area contributed by atoms with Crippen LogP contribution in [0.15, 0.2) is 12.1 Å². The number of nitro benzene ring substituents is 2. The molecule has 0 aliphatic rings. The largest absolute Gasteiger partial charge is 0.518 e. The van der Waals surface area contributed by atoms with Gasteiger partial charge in [-0.25, -0.2) is 4.79 Å². The van der Waals surface area contributed by atoms with Crippen LogP contribution in [0.25, 0.3) is 0 Å². The number of benzene rings is 1. The standard InChI is InChI=1S/C25H11F29N2O7/c1-3-6(2)8-4-7(55(58)59)5-9(56(60)61)10(8)62-11(57)63-25(53,54)23(48,49)21(44,45)19(40,41)17(36,37)15(32,33)13(28,29)12(26,27)14(30,31)16(34,35)18(38,39)20(42,43)22(46,47)24(50,51)52/h4-6H,3H2,1-2H3. The minimum absolute atomic E-state index is 0.191. The van der Waals surface area contributed by atoms with E-state index in [0.717, 1.165) is 13.8 Å². The Morgan fingerprint density at radius 1 is 0.508 bits per heavy atom. The Kier molecular flexibility index (Phi) is 13.8. The minimum atomic E-state index is -10.1. The van der Waals surface area contributed by atoms with Gasteiger partial charge in [-0.3, -0.25) is 20.2 Å². The van der Waals surface area contributed by atoms with E-state index in [4.69, 9.17) is 0 Å². The molecule has 0 saturated heterocycles. The van der Waals surface area contributed by atoms with Crippen LogP contribution in [0.2, 0.25) is 0 Å². The Hall–Kier alpha value is -4.74. The van der Waals surface area contributed by atoms with E-state index in [2.05, 4.69) is 9.47 Å². The van der Waals surface area contributed by atoms with Crippen LogP contribution in [-0.4, -0.2) is 99.4 Å². The van der Waals surface area contributed by atoms with Crippen LogP contribution in [0, 0.1) is 20.2 Å². The van der Waals surface area contributed by atoms with Gasteiger partial charge in [0.05, 0.1) is 15.9 Å². The zero-order valence-corrected chi connectivity index (χ0v) is 28.7. The van der Waals surface area contributed by atoms with Crippen LogP contribution in [0.3, 0.4) is 0 Å². The number of alkyl halides is 29. The van der Waals surface area contributed by atoms with Crippen molar-refractivity contribution in [2.24, 2.45) is 0 Å². The summed E-state index contributed by atoms with van der Waals surface area (Å²) in [6, 6.07) is -0.0290. The number of halogens is 29. The van der Waals surface area contributed by atoms with Crippen molar-refractivity contribution in [1.29, 1.82) is 0 Å². The van der Waals surface area contributed by atoms with Gasteiger partial charge in [-0.2, -0.15) is 127 Å². The third-order valence-corrected chi connectivity index (χ3v) is 8.09. The van der Waals surface area contributed by atoms with Crippen molar-refractivity contribution in [3.8, 4) is 5.75 Å². The topological polar surface area (TPSA) is 122 Å². The van der Waals surface area contributed by atoms with E-state index < -0.39 is 128 Å². The SMILES string of the molecule is CCC(C)c1cc([N+](=O)[O-])cc([N+](=O)[O-])c1OC(=O)OC(F)(F)C(F)(F)C(F)(F)C(F)(F)C(F)(F)C(F)(F)C(F)(F)C(F)(F)C(F)(F)C(F)(F)C(F)(F)C(F)(F)C(F)(F)C(F)(F)F. The second-order valence-corrected chi connectivity index (χ2v) is 12.1. The van der Waals surface area contributed by atoms with Gasteiger partial charge in [-0.05, 0) is 12.3 Å². The Bertz CT molecular complexity index is 1930. The number of non-ortho nitro benzene ring substituents is 1. The van der Waals surface area contributed by atoms with Gasteiger partial charge in [0.1, 0.15) is 0 Å². The Morgan fingerprint density at radius 3 is 1.05 bits per heavy atom. The van der Waals surface area contributed by atoms with Crippen molar-refractivity contribution in [3.05, 3.63) is 37.9 Å². The number of carbonyl (C=O) groups is 1. The Morgan fingerprint density at radius 2 is 0.794 bits per heavy atom. The fraction of sp³-hybridized carbons (Fsp3) is 0.720. The van der Waals surface area contributed by atoms with E-state index in [9.17, 15) is 152 Å². The van der Waals surface area contributed by atoms with Gasteiger partial charge in [-0.1, -0.05) is 13.8 Å². The molecule has 1 aromatic rings. The predicted octanol–water partition coefficient (Wildman–Crippen LogP) is 12.3. The molecular formula is C25H11F29N2O7. The molecule has 1 rings (SSSR count). The molecular weight excluding hydrogens is 991 g/mol. The Balaban J connectivity index is 3.94. The van der Waals surface area contributed by atoms with Gasteiger partial charge in [0.25, 0.3) is 5.69 Å². The lowest BCUT2D eigenvalue weighted by Crippen LogP contribution is -2.79. The highest BCUT2D eigenvalue weighted by Crippen LogP contribution is 2.69. The second-order valence-electron chi connectivity index (χ2n) is 12.1. The smallest absolute Gasteiger partial charge is 0.387 e. The molecule has 63 heavy (non-hydrogen) atoms. The molecule has 0 N–H and O–H groups in total. The van der Waals surface area contributed by atoms with Crippen LogP contribution in [-0.2, 0) is 4.74 Å². The molecule has 1 atom stereocenters.